The van der Waals surface area contributed by atoms with E-state index in [-0.39, 0.29) is 0 Å². The summed E-state index contributed by atoms with van der Waals surface area (Å²) in [4.78, 5) is 0. The summed E-state index contributed by atoms with van der Waals surface area (Å²) in [5.41, 5.74) is 0.601. The van der Waals surface area contributed by atoms with Crippen molar-refractivity contribution >= 4 is 15.9 Å². The van der Waals surface area contributed by atoms with Gasteiger partial charge in [0.15, 0.2) is 0 Å². The largest absolute Gasteiger partial charge is 0.316 e. The van der Waals surface area contributed by atoms with Gasteiger partial charge in [-0.2, -0.15) is 0 Å². The number of alkyl halides is 1. The second-order valence-electron chi connectivity index (χ2n) is 3.89. The molecule has 0 aromatic heterocycles. The number of hydrogen-bond acceptors (Lipinski definition) is 1. The van der Waals surface area contributed by atoms with E-state index in [0.717, 1.165) is 10.9 Å². The summed E-state index contributed by atoms with van der Waals surface area (Å²) in [7, 11) is 1.76. The number of aryl methyl sites for hydroxylation is 1. The normalized spacial score (nSPS) is 15.0. The van der Waals surface area contributed by atoms with Crippen LogP contribution in [0.15, 0.2) is 22.7 Å². The fraction of sp³-hybridized carbons (Fsp3) is 0.500. The minimum atomic E-state index is -1.32. The maximum atomic E-state index is 14.2. The Hall–Kier alpha value is -0.410. The first-order valence-electron chi connectivity index (χ1n) is 5.13. The van der Waals surface area contributed by atoms with E-state index in [9.17, 15) is 4.39 Å². The van der Waals surface area contributed by atoms with Crippen molar-refractivity contribution in [2.75, 3.05) is 13.6 Å². The minimum Gasteiger partial charge on any atom is -0.316 e. The van der Waals surface area contributed by atoms with Gasteiger partial charge in [-0.3, -0.25) is 0 Å². The second kappa shape index (κ2) is 5.08. The third-order valence-corrected chi connectivity index (χ3v) is 3.28. The molecule has 1 nitrogen and oxygen atoms in total. The van der Waals surface area contributed by atoms with Gasteiger partial charge in [0, 0.05) is 11.0 Å². The van der Waals surface area contributed by atoms with Gasteiger partial charge >= 0.3 is 0 Å². The van der Waals surface area contributed by atoms with Gasteiger partial charge in [-0.1, -0.05) is 35.0 Å². The van der Waals surface area contributed by atoms with Gasteiger partial charge in [-0.15, -0.1) is 0 Å². The third kappa shape index (κ3) is 3.02. The van der Waals surface area contributed by atoms with E-state index in [1.54, 1.807) is 14.0 Å². The highest BCUT2D eigenvalue weighted by molar-refractivity contribution is 9.10. The second-order valence-corrected chi connectivity index (χ2v) is 4.74. The first kappa shape index (κ1) is 12.7. The summed E-state index contributed by atoms with van der Waals surface area (Å²) in [6.45, 7) is 4.00. The van der Waals surface area contributed by atoms with Gasteiger partial charge in [-0.05, 0) is 37.6 Å². The molecule has 0 saturated carbocycles. The molecule has 0 radical (unpaired) electrons. The quantitative estimate of drug-likeness (QED) is 0.887. The monoisotopic (exact) mass is 273 g/mol. The molecule has 1 aromatic carbocycles. The highest BCUT2D eigenvalue weighted by Crippen LogP contribution is 2.29. The van der Waals surface area contributed by atoms with E-state index in [0.29, 0.717) is 12.1 Å². The molecule has 0 aliphatic rings. The molecule has 3 heteroatoms. The maximum absolute atomic E-state index is 14.2. The third-order valence-electron chi connectivity index (χ3n) is 2.54. The molecule has 0 spiro atoms. The standard InChI is InChI=1S/C12H17BrFN/c1-4-9-5-6-10(7-11(9)13)12(2,14)8-15-3/h5-7,15H,4,8H2,1-3H3. The summed E-state index contributed by atoms with van der Waals surface area (Å²) >= 11 is 3.46. The van der Waals surface area contributed by atoms with Crippen LogP contribution in [-0.4, -0.2) is 13.6 Å². The first-order valence-corrected chi connectivity index (χ1v) is 5.93. The van der Waals surface area contributed by atoms with Crippen molar-refractivity contribution in [3.05, 3.63) is 33.8 Å². The summed E-state index contributed by atoms with van der Waals surface area (Å²) in [5.74, 6) is 0. The molecular formula is C12H17BrFN. The molecule has 84 valence electrons. The first-order chi connectivity index (χ1) is 7.01. The fourth-order valence-electron chi connectivity index (χ4n) is 1.59. The average Bonchev–Trinajstić information content (AvgIpc) is 2.17. The number of rotatable bonds is 4. The lowest BCUT2D eigenvalue weighted by molar-refractivity contribution is 0.190. The van der Waals surface area contributed by atoms with Gasteiger partial charge in [0.25, 0.3) is 0 Å². The SMILES string of the molecule is CCc1ccc(C(C)(F)CNC)cc1Br. The van der Waals surface area contributed by atoms with Crippen LogP contribution < -0.4 is 5.32 Å². The van der Waals surface area contributed by atoms with Gasteiger partial charge in [0.2, 0.25) is 0 Å². The van der Waals surface area contributed by atoms with Crippen molar-refractivity contribution in [2.24, 2.45) is 0 Å². The Morgan fingerprint density at radius 1 is 1.47 bits per heavy atom. The Kier molecular flexibility index (Phi) is 4.29. The molecule has 1 rings (SSSR count). The van der Waals surface area contributed by atoms with Crippen molar-refractivity contribution in [3.8, 4) is 0 Å². The number of hydrogen-bond donors (Lipinski definition) is 1. The summed E-state index contributed by atoms with van der Waals surface area (Å²) in [6, 6.07) is 5.71. The predicted molar refractivity (Wildman–Crippen MR) is 65.9 cm³/mol. The number of likely N-dealkylation sites (N-methyl/N-ethyl adjacent to an activating group) is 1. The molecule has 1 aromatic rings. The molecule has 0 aliphatic heterocycles. The van der Waals surface area contributed by atoms with E-state index in [4.69, 9.17) is 0 Å². The Morgan fingerprint density at radius 2 is 2.13 bits per heavy atom. The molecule has 0 aliphatic carbocycles. The molecule has 1 atom stereocenters. The lowest BCUT2D eigenvalue weighted by Gasteiger charge is -2.21. The van der Waals surface area contributed by atoms with Gasteiger partial charge < -0.3 is 5.32 Å². The summed E-state index contributed by atoms with van der Waals surface area (Å²) in [6.07, 6.45) is 0.954. The van der Waals surface area contributed by atoms with E-state index in [1.807, 2.05) is 18.2 Å². The van der Waals surface area contributed by atoms with Crippen LogP contribution in [0.2, 0.25) is 0 Å². The highest BCUT2D eigenvalue weighted by Gasteiger charge is 2.25. The van der Waals surface area contributed by atoms with Gasteiger partial charge in [0.1, 0.15) is 5.67 Å². The van der Waals surface area contributed by atoms with E-state index < -0.39 is 5.67 Å². The van der Waals surface area contributed by atoms with Crippen molar-refractivity contribution in [1.82, 2.24) is 5.32 Å². The lowest BCUT2D eigenvalue weighted by atomic mass is 9.96. The Morgan fingerprint density at radius 3 is 2.60 bits per heavy atom. The fourth-order valence-corrected chi connectivity index (χ4v) is 2.25. The topological polar surface area (TPSA) is 12.0 Å². The number of halogens is 2. The molecule has 15 heavy (non-hydrogen) atoms. The molecule has 1 unspecified atom stereocenters. The van der Waals surface area contributed by atoms with Crippen LogP contribution in [0.25, 0.3) is 0 Å². The van der Waals surface area contributed by atoms with Crippen LogP contribution in [0.5, 0.6) is 0 Å². The van der Waals surface area contributed by atoms with Crippen LogP contribution in [0.3, 0.4) is 0 Å². The highest BCUT2D eigenvalue weighted by atomic mass is 79.9. The van der Waals surface area contributed by atoms with Crippen molar-refractivity contribution in [1.29, 1.82) is 0 Å². The minimum absolute atomic E-state index is 0.324. The van der Waals surface area contributed by atoms with Crippen LogP contribution in [-0.2, 0) is 12.1 Å². The van der Waals surface area contributed by atoms with Crippen LogP contribution in [0.4, 0.5) is 4.39 Å². The molecule has 0 heterocycles. The molecule has 0 fully saturated rings. The molecule has 1 N–H and O–H groups in total. The average molecular weight is 274 g/mol. The Bertz CT molecular complexity index is 336. The zero-order chi connectivity index (χ0) is 11.5. The van der Waals surface area contributed by atoms with E-state index >= 15 is 0 Å². The zero-order valence-electron chi connectivity index (χ0n) is 9.40. The van der Waals surface area contributed by atoms with E-state index in [2.05, 4.69) is 28.2 Å². The molecular weight excluding hydrogens is 257 g/mol. The maximum Gasteiger partial charge on any atom is 0.145 e. The van der Waals surface area contributed by atoms with Gasteiger partial charge in [-0.25, -0.2) is 4.39 Å². The van der Waals surface area contributed by atoms with Crippen molar-refractivity contribution in [2.45, 2.75) is 25.9 Å². The van der Waals surface area contributed by atoms with Crippen LogP contribution in [0.1, 0.15) is 25.0 Å². The van der Waals surface area contributed by atoms with Crippen LogP contribution >= 0.6 is 15.9 Å². The molecule has 0 bridgehead atoms. The summed E-state index contributed by atoms with van der Waals surface area (Å²) in [5, 5.41) is 2.86. The zero-order valence-corrected chi connectivity index (χ0v) is 11.0. The number of nitrogens with one attached hydrogen (secondary N) is 1. The van der Waals surface area contributed by atoms with E-state index in [1.165, 1.54) is 5.56 Å². The summed E-state index contributed by atoms with van der Waals surface area (Å²) < 4.78 is 15.1. The Labute approximate surface area is 99.2 Å². The Balaban J connectivity index is 3.01. The van der Waals surface area contributed by atoms with Crippen molar-refractivity contribution < 1.29 is 4.39 Å². The smallest absolute Gasteiger partial charge is 0.145 e. The molecule has 0 saturated heterocycles. The lowest BCUT2D eigenvalue weighted by Crippen LogP contribution is -2.29. The van der Waals surface area contributed by atoms with Crippen molar-refractivity contribution in [3.63, 3.8) is 0 Å². The predicted octanol–water partition coefficient (Wildman–Crippen LogP) is 3.42. The molecule has 0 amide bonds. The number of benzene rings is 1. The van der Waals surface area contributed by atoms with Crippen LogP contribution in [0, 0.1) is 0 Å². The van der Waals surface area contributed by atoms with Gasteiger partial charge in [0.05, 0.1) is 0 Å².